The van der Waals surface area contributed by atoms with Gasteiger partial charge in [0.1, 0.15) is 0 Å². The van der Waals surface area contributed by atoms with Gasteiger partial charge in [-0.2, -0.15) is 0 Å². The second-order valence-electron chi connectivity index (χ2n) is 4.66. The third kappa shape index (κ3) is 2.07. The molecule has 0 aliphatic heterocycles. The standard InChI is InChI=1S/C15H16N2/c1-2-9-17-10-8-12-4-3-5-13(15(12)17)11-16-14-6-7-14/h1,3-5,8,10,14,16H,6-7,9,11H2. The highest BCUT2D eigenvalue weighted by Gasteiger charge is 2.20. The third-order valence-corrected chi connectivity index (χ3v) is 3.29. The van der Waals surface area contributed by atoms with E-state index in [2.05, 4.69) is 46.3 Å². The highest BCUT2D eigenvalue weighted by Crippen LogP contribution is 2.23. The summed E-state index contributed by atoms with van der Waals surface area (Å²) in [5.41, 5.74) is 2.62. The van der Waals surface area contributed by atoms with Crippen LogP contribution in [-0.4, -0.2) is 10.6 Å². The fraction of sp³-hybridized carbons (Fsp3) is 0.333. The Labute approximate surface area is 102 Å². The van der Waals surface area contributed by atoms with Crippen LogP contribution in [0.5, 0.6) is 0 Å². The molecule has 2 aromatic rings. The van der Waals surface area contributed by atoms with Gasteiger partial charge in [0.2, 0.25) is 0 Å². The van der Waals surface area contributed by atoms with Gasteiger partial charge in [0.05, 0.1) is 12.1 Å². The van der Waals surface area contributed by atoms with Crippen LogP contribution in [0.15, 0.2) is 30.5 Å². The SMILES string of the molecule is C#CCn1ccc2cccc(CNC3CC3)c21. The number of nitrogens with zero attached hydrogens (tertiary/aromatic N) is 1. The molecule has 1 N–H and O–H groups in total. The van der Waals surface area contributed by atoms with Crippen molar-refractivity contribution in [2.24, 2.45) is 0 Å². The van der Waals surface area contributed by atoms with Crippen LogP contribution in [0.3, 0.4) is 0 Å². The number of terminal acetylenes is 1. The van der Waals surface area contributed by atoms with E-state index in [1.807, 2.05) is 0 Å². The predicted molar refractivity (Wildman–Crippen MR) is 70.6 cm³/mol. The zero-order chi connectivity index (χ0) is 11.7. The lowest BCUT2D eigenvalue weighted by molar-refractivity contribution is 0.687. The molecule has 1 saturated carbocycles. The molecule has 1 fully saturated rings. The van der Waals surface area contributed by atoms with Gasteiger partial charge in [-0.25, -0.2) is 0 Å². The second kappa shape index (κ2) is 4.27. The largest absolute Gasteiger partial charge is 0.336 e. The van der Waals surface area contributed by atoms with Crippen LogP contribution in [0.4, 0.5) is 0 Å². The number of fused-ring (bicyclic) bond motifs is 1. The van der Waals surface area contributed by atoms with E-state index in [0.29, 0.717) is 6.54 Å². The molecule has 3 rings (SSSR count). The smallest absolute Gasteiger partial charge is 0.0835 e. The van der Waals surface area contributed by atoms with Crippen molar-refractivity contribution < 1.29 is 0 Å². The van der Waals surface area contributed by atoms with Crippen molar-refractivity contribution in [2.45, 2.75) is 32.0 Å². The van der Waals surface area contributed by atoms with E-state index in [1.165, 1.54) is 29.3 Å². The number of hydrogen-bond acceptors (Lipinski definition) is 1. The fourth-order valence-corrected chi connectivity index (χ4v) is 2.26. The molecule has 0 saturated heterocycles. The van der Waals surface area contributed by atoms with Crippen molar-refractivity contribution >= 4 is 10.9 Å². The van der Waals surface area contributed by atoms with Crippen LogP contribution >= 0.6 is 0 Å². The van der Waals surface area contributed by atoms with Crippen LogP contribution in [0.2, 0.25) is 0 Å². The molecule has 0 radical (unpaired) electrons. The molecule has 1 heterocycles. The van der Waals surface area contributed by atoms with Gasteiger partial charge in [0, 0.05) is 18.8 Å². The summed E-state index contributed by atoms with van der Waals surface area (Å²) in [4.78, 5) is 0. The molecule has 0 unspecified atom stereocenters. The van der Waals surface area contributed by atoms with Crippen molar-refractivity contribution in [2.75, 3.05) is 0 Å². The van der Waals surface area contributed by atoms with Gasteiger partial charge < -0.3 is 9.88 Å². The number of rotatable bonds is 4. The number of benzene rings is 1. The Morgan fingerprint density at radius 1 is 1.35 bits per heavy atom. The summed E-state index contributed by atoms with van der Waals surface area (Å²) < 4.78 is 2.15. The minimum absolute atomic E-state index is 0.643. The lowest BCUT2D eigenvalue weighted by Gasteiger charge is -2.08. The number of nitrogens with one attached hydrogen (secondary N) is 1. The molecule has 2 heteroatoms. The average molecular weight is 224 g/mol. The van der Waals surface area contributed by atoms with Crippen molar-refractivity contribution in [3.63, 3.8) is 0 Å². The molecule has 0 amide bonds. The van der Waals surface area contributed by atoms with Gasteiger partial charge in [-0.1, -0.05) is 24.1 Å². The van der Waals surface area contributed by atoms with E-state index in [9.17, 15) is 0 Å². The van der Waals surface area contributed by atoms with Crippen molar-refractivity contribution in [3.8, 4) is 12.3 Å². The first kappa shape index (κ1) is 10.4. The van der Waals surface area contributed by atoms with E-state index in [4.69, 9.17) is 6.42 Å². The highest BCUT2D eigenvalue weighted by molar-refractivity contribution is 5.83. The summed E-state index contributed by atoms with van der Waals surface area (Å²) in [6, 6.07) is 9.31. The molecule has 1 aliphatic rings. The van der Waals surface area contributed by atoms with Gasteiger partial charge in [-0.05, 0) is 29.9 Å². The Balaban J connectivity index is 1.96. The third-order valence-electron chi connectivity index (χ3n) is 3.29. The summed E-state index contributed by atoms with van der Waals surface area (Å²) in [5.74, 6) is 2.71. The molecule has 0 atom stereocenters. The van der Waals surface area contributed by atoms with Crippen molar-refractivity contribution in [1.82, 2.24) is 9.88 Å². The zero-order valence-electron chi connectivity index (χ0n) is 9.82. The van der Waals surface area contributed by atoms with E-state index in [1.54, 1.807) is 0 Å². The summed E-state index contributed by atoms with van der Waals surface area (Å²) in [6.07, 6.45) is 10.1. The molecule has 0 spiro atoms. The monoisotopic (exact) mass is 224 g/mol. The van der Waals surface area contributed by atoms with Crippen LogP contribution < -0.4 is 5.32 Å². The molecule has 1 aliphatic carbocycles. The lowest BCUT2D eigenvalue weighted by Crippen LogP contribution is -2.16. The molecule has 1 aromatic carbocycles. The van der Waals surface area contributed by atoms with Gasteiger partial charge in [-0.15, -0.1) is 6.42 Å². The Morgan fingerprint density at radius 2 is 2.24 bits per heavy atom. The molecule has 86 valence electrons. The number of aromatic nitrogens is 1. The Morgan fingerprint density at radius 3 is 3.00 bits per heavy atom. The maximum absolute atomic E-state index is 5.41. The second-order valence-corrected chi connectivity index (χ2v) is 4.66. The van der Waals surface area contributed by atoms with Crippen molar-refractivity contribution in [1.29, 1.82) is 0 Å². The van der Waals surface area contributed by atoms with Gasteiger partial charge in [-0.3, -0.25) is 0 Å². The van der Waals surface area contributed by atoms with E-state index >= 15 is 0 Å². The zero-order valence-corrected chi connectivity index (χ0v) is 9.82. The van der Waals surface area contributed by atoms with Crippen LogP contribution in [0, 0.1) is 12.3 Å². The first-order chi connectivity index (χ1) is 8.38. The first-order valence-corrected chi connectivity index (χ1v) is 6.12. The topological polar surface area (TPSA) is 17.0 Å². The minimum Gasteiger partial charge on any atom is -0.336 e. The van der Waals surface area contributed by atoms with Crippen LogP contribution in [0.25, 0.3) is 10.9 Å². The molecular formula is C15H16N2. The Kier molecular flexibility index (Phi) is 2.62. The fourth-order valence-electron chi connectivity index (χ4n) is 2.26. The van der Waals surface area contributed by atoms with E-state index < -0.39 is 0 Å². The Bertz CT molecular complexity index is 570. The Hall–Kier alpha value is -1.72. The average Bonchev–Trinajstić information content (AvgIpc) is 3.09. The predicted octanol–water partition coefficient (Wildman–Crippen LogP) is 2.53. The van der Waals surface area contributed by atoms with Crippen LogP contribution in [-0.2, 0) is 13.1 Å². The number of hydrogen-bond donors (Lipinski definition) is 1. The maximum atomic E-state index is 5.41. The van der Waals surface area contributed by atoms with Crippen LogP contribution in [0.1, 0.15) is 18.4 Å². The summed E-state index contributed by atoms with van der Waals surface area (Å²) in [5, 5.41) is 4.83. The minimum atomic E-state index is 0.643. The maximum Gasteiger partial charge on any atom is 0.0835 e. The molecule has 17 heavy (non-hydrogen) atoms. The lowest BCUT2D eigenvalue weighted by atomic mass is 10.1. The number of para-hydroxylation sites is 1. The normalized spacial score (nSPS) is 15.0. The quantitative estimate of drug-likeness (QED) is 0.790. The van der Waals surface area contributed by atoms with Gasteiger partial charge in [0.25, 0.3) is 0 Å². The molecular weight excluding hydrogens is 208 g/mol. The summed E-state index contributed by atoms with van der Waals surface area (Å²) in [7, 11) is 0. The first-order valence-electron chi connectivity index (χ1n) is 6.12. The van der Waals surface area contributed by atoms with E-state index in [0.717, 1.165) is 12.6 Å². The highest BCUT2D eigenvalue weighted by atomic mass is 15.0. The summed E-state index contributed by atoms with van der Waals surface area (Å²) >= 11 is 0. The molecule has 2 nitrogen and oxygen atoms in total. The van der Waals surface area contributed by atoms with Crippen molar-refractivity contribution in [3.05, 3.63) is 36.0 Å². The molecule has 0 bridgehead atoms. The van der Waals surface area contributed by atoms with Gasteiger partial charge in [0.15, 0.2) is 0 Å². The summed E-state index contributed by atoms with van der Waals surface area (Å²) in [6.45, 7) is 1.58. The van der Waals surface area contributed by atoms with E-state index in [-0.39, 0.29) is 0 Å². The molecule has 1 aromatic heterocycles. The van der Waals surface area contributed by atoms with Gasteiger partial charge >= 0.3 is 0 Å².